The van der Waals surface area contributed by atoms with Crippen LogP contribution in [0.4, 0.5) is 0 Å². The Morgan fingerprint density at radius 2 is 2.24 bits per heavy atom. The van der Waals surface area contributed by atoms with Crippen LogP contribution in [-0.2, 0) is 16.3 Å². The largest absolute Gasteiger partial charge is 0.416 e. The Balaban J connectivity index is 1.60. The lowest BCUT2D eigenvalue weighted by atomic mass is 10.1. The number of benzene rings is 1. The molecule has 0 saturated carbocycles. The smallest absolute Gasteiger partial charge is 0.277 e. The van der Waals surface area contributed by atoms with Crippen molar-refractivity contribution in [2.45, 2.75) is 30.2 Å². The summed E-state index contributed by atoms with van der Waals surface area (Å²) in [5, 5.41) is 8.32. The third-order valence-corrected chi connectivity index (χ3v) is 7.00. The van der Waals surface area contributed by atoms with Crippen LogP contribution in [0.15, 0.2) is 33.9 Å². The first-order chi connectivity index (χ1) is 11.8. The van der Waals surface area contributed by atoms with E-state index in [1.165, 1.54) is 11.8 Å². The molecule has 2 heterocycles. The number of carbonyl (C=O) groups is 1. The van der Waals surface area contributed by atoms with Gasteiger partial charge in [0.1, 0.15) is 0 Å². The first kappa shape index (κ1) is 18.4. The van der Waals surface area contributed by atoms with Gasteiger partial charge in [-0.15, -0.1) is 10.2 Å². The van der Waals surface area contributed by atoms with Crippen LogP contribution in [0.25, 0.3) is 0 Å². The zero-order valence-electron chi connectivity index (χ0n) is 13.5. The highest BCUT2D eigenvalue weighted by atomic mass is 35.5. The first-order valence-electron chi connectivity index (χ1n) is 7.81. The molecule has 0 N–H and O–H groups in total. The number of Topliss-reactive ketones (excluding diaryl/α,β-unsaturated/α-hetero) is 1. The molecule has 1 aliphatic heterocycles. The third-order valence-electron chi connectivity index (χ3n) is 3.99. The minimum Gasteiger partial charge on any atom is -0.416 e. The lowest BCUT2D eigenvalue weighted by molar-refractivity contribution is 0.0993. The molecule has 1 aromatic carbocycles. The second kappa shape index (κ2) is 7.47. The summed E-state index contributed by atoms with van der Waals surface area (Å²) in [6.07, 6.45) is 1.07. The van der Waals surface area contributed by atoms with Gasteiger partial charge >= 0.3 is 0 Å². The van der Waals surface area contributed by atoms with E-state index >= 15 is 0 Å². The maximum Gasteiger partial charge on any atom is 0.277 e. The van der Waals surface area contributed by atoms with Crippen LogP contribution >= 0.6 is 23.4 Å². The molecule has 3 rings (SSSR count). The topological polar surface area (TPSA) is 90.1 Å². The molecule has 6 nitrogen and oxygen atoms in total. The molecule has 1 saturated heterocycles. The van der Waals surface area contributed by atoms with Crippen LogP contribution < -0.4 is 0 Å². The summed E-state index contributed by atoms with van der Waals surface area (Å²) in [5.41, 5.74) is 0.531. The van der Waals surface area contributed by atoms with Crippen LogP contribution in [-0.4, -0.2) is 41.2 Å². The number of hydrogen-bond acceptors (Lipinski definition) is 7. The average molecular weight is 401 g/mol. The summed E-state index contributed by atoms with van der Waals surface area (Å²) < 4.78 is 28.6. The van der Waals surface area contributed by atoms with Gasteiger partial charge in [-0.2, -0.15) is 0 Å². The number of thioether (sulfide) groups is 1. The SMILES string of the molecule is C[C@@H](Sc1nnc(C[C@H]2CCS(=O)(=O)C2)o1)C(=O)c1cccc(Cl)c1. The molecule has 9 heteroatoms. The van der Waals surface area contributed by atoms with Crippen molar-refractivity contribution in [3.05, 3.63) is 40.7 Å². The zero-order valence-corrected chi connectivity index (χ0v) is 15.9. The Hall–Kier alpha value is -1.38. The fraction of sp³-hybridized carbons (Fsp3) is 0.438. The summed E-state index contributed by atoms with van der Waals surface area (Å²) in [7, 11) is -2.92. The van der Waals surface area contributed by atoms with Gasteiger partial charge in [-0.1, -0.05) is 35.5 Å². The van der Waals surface area contributed by atoms with Crippen LogP contribution in [0.3, 0.4) is 0 Å². The molecule has 134 valence electrons. The highest BCUT2D eigenvalue weighted by Gasteiger charge is 2.29. The summed E-state index contributed by atoms with van der Waals surface area (Å²) in [6, 6.07) is 6.78. The number of sulfone groups is 1. The van der Waals surface area contributed by atoms with Crippen molar-refractivity contribution >= 4 is 39.0 Å². The van der Waals surface area contributed by atoms with Gasteiger partial charge in [0.25, 0.3) is 5.22 Å². The Bertz CT molecular complexity index is 882. The molecule has 0 unspecified atom stereocenters. The van der Waals surface area contributed by atoms with Gasteiger partial charge in [0.15, 0.2) is 15.6 Å². The number of ketones is 1. The molecule has 0 aliphatic carbocycles. The first-order valence-corrected chi connectivity index (χ1v) is 10.9. The van der Waals surface area contributed by atoms with Gasteiger partial charge in [0.05, 0.1) is 16.8 Å². The zero-order chi connectivity index (χ0) is 18.0. The second-order valence-corrected chi connectivity index (χ2v) is 10.0. The Labute approximate surface area is 155 Å². The van der Waals surface area contributed by atoms with Crippen molar-refractivity contribution in [3.63, 3.8) is 0 Å². The predicted octanol–water partition coefficient (Wildman–Crippen LogP) is 3.06. The van der Waals surface area contributed by atoms with E-state index in [1.807, 2.05) is 0 Å². The monoisotopic (exact) mass is 400 g/mol. The molecule has 2 aromatic rings. The third kappa shape index (κ3) is 4.83. The van der Waals surface area contributed by atoms with Gasteiger partial charge in [0, 0.05) is 17.0 Å². The van der Waals surface area contributed by atoms with Crippen molar-refractivity contribution in [2.24, 2.45) is 5.92 Å². The molecular weight excluding hydrogens is 384 g/mol. The molecule has 0 radical (unpaired) electrons. The van der Waals surface area contributed by atoms with E-state index in [0.717, 1.165) is 0 Å². The van der Waals surface area contributed by atoms with E-state index in [-0.39, 0.29) is 23.2 Å². The number of rotatable bonds is 6. The number of hydrogen-bond donors (Lipinski definition) is 0. The van der Waals surface area contributed by atoms with E-state index in [0.29, 0.717) is 34.5 Å². The van der Waals surface area contributed by atoms with Crippen molar-refractivity contribution in [1.29, 1.82) is 0 Å². The molecule has 1 aromatic heterocycles. The number of halogens is 1. The van der Waals surface area contributed by atoms with E-state index in [9.17, 15) is 13.2 Å². The van der Waals surface area contributed by atoms with Crippen molar-refractivity contribution in [1.82, 2.24) is 10.2 Å². The molecule has 25 heavy (non-hydrogen) atoms. The summed E-state index contributed by atoms with van der Waals surface area (Å²) >= 11 is 7.10. The molecule has 1 aliphatic rings. The Morgan fingerprint density at radius 3 is 2.92 bits per heavy atom. The molecule has 0 amide bonds. The highest BCUT2D eigenvalue weighted by Crippen LogP contribution is 2.27. The maximum absolute atomic E-state index is 12.4. The minimum absolute atomic E-state index is 0.0221. The summed E-state index contributed by atoms with van der Waals surface area (Å²) in [5.74, 6) is 0.745. The molecule has 0 bridgehead atoms. The Morgan fingerprint density at radius 1 is 1.44 bits per heavy atom. The van der Waals surface area contributed by atoms with Crippen molar-refractivity contribution in [2.75, 3.05) is 11.5 Å². The van der Waals surface area contributed by atoms with Gasteiger partial charge in [-0.25, -0.2) is 8.42 Å². The number of aromatic nitrogens is 2. The van der Waals surface area contributed by atoms with Crippen molar-refractivity contribution < 1.29 is 17.6 Å². The summed E-state index contributed by atoms with van der Waals surface area (Å²) in [6.45, 7) is 1.77. The summed E-state index contributed by atoms with van der Waals surface area (Å²) in [4.78, 5) is 12.4. The molecular formula is C16H17ClN2O4S2. The van der Waals surface area contributed by atoms with Gasteiger partial charge < -0.3 is 4.42 Å². The standard InChI is InChI=1S/C16H17ClN2O4S2/c1-10(15(20)12-3-2-4-13(17)8-12)24-16-19-18-14(23-16)7-11-5-6-25(21,22)9-11/h2-4,8,10-11H,5-7,9H2,1H3/t10-,11-/m1/s1. The van der Waals surface area contributed by atoms with Crippen LogP contribution in [0, 0.1) is 5.92 Å². The van der Waals surface area contributed by atoms with Crippen molar-refractivity contribution in [3.8, 4) is 0 Å². The molecule has 2 atom stereocenters. The van der Waals surface area contributed by atoms with E-state index in [2.05, 4.69) is 10.2 Å². The predicted molar refractivity (Wildman–Crippen MR) is 95.9 cm³/mol. The Kier molecular flexibility index (Phi) is 5.50. The highest BCUT2D eigenvalue weighted by molar-refractivity contribution is 8.00. The van der Waals surface area contributed by atoms with E-state index in [4.69, 9.17) is 16.0 Å². The van der Waals surface area contributed by atoms with Gasteiger partial charge in [0.2, 0.25) is 5.89 Å². The fourth-order valence-corrected chi connectivity index (χ4v) is 5.56. The fourth-order valence-electron chi connectivity index (χ4n) is 2.73. The van der Waals surface area contributed by atoms with Gasteiger partial charge in [-0.05, 0) is 31.4 Å². The van der Waals surface area contributed by atoms with E-state index in [1.54, 1.807) is 31.2 Å². The molecule has 0 spiro atoms. The number of carbonyl (C=O) groups excluding carboxylic acids is 1. The number of nitrogens with zero attached hydrogens (tertiary/aromatic N) is 2. The minimum atomic E-state index is -2.92. The van der Waals surface area contributed by atoms with Crippen LogP contribution in [0.2, 0.25) is 5.02 Å². The lowest BCUT2D eigenvalue weighted by Gasteiger charge is -2.07. The lowest BCUT2D eigenvalue weighted by Crippen LogP contribution is -2.13. The van der Waals surface area contributed by atoms with Crippen LogP contribution in [0.1, 0.15) is 29.6 Å². The molecule has 1 fully saturated rings. The maximum atomic E-state index is 12.4. The average Bonchev–Trinajstić information content (AvgIpc) is 3.12. The second-order valence-electron chi connectivity index (χ2n) is 6.07. The normalized spacial score (nSPS) is 20.5. The quantitative estimate of drug-likeness (QED) is 0.543. The van der Waals surface area contributed by atoms with E-state index < -0.39 is 15.1 Å². The van der Waals surface area contributed by atoms with Crippen LogP contribution in [0.5, 0.6) is 0 Å². The van der Waals surface area contributed by atoms with Gasteiger partial charge in [-0.3, -0.25) is 4.79 Å².